The summed E-state index contributed by atoms with van der Waals surface area (Å²) in [5.41, 5.74) is 23.5. The summed E-state index contributed by atoms with van der Waals surface area (Å²) in [5.74, 6) is -10.4. The number of rotatable bonds is 33. The number of amides is 10. The molecule has 27 nitrogen and oxygen atoms in total. The van der Waals surface area contributed by atoms with Crippen LogP contribution in [0.3, 0.4) is 0 Å². The Morgan fingerprint density at radius 1 is 0.679 bits per heavy atom. The van der Waals surface area contributed by atoms with Gasteiger partial charge in [-0.05, 0) is 95.1 Å². The predicted octanol–water partition coefficient (Wildman–Crippen LogP) is -3.68. The molecule has 0 unspecified atom stereocenters. The molecule has 1 saturated heterocycles. The fourth-order valence-corrected chi connectivity index (χ4v) is 8.61. The smallest absolute Gasteiger partial charge is 0.325 e. The quantitative estimate of drug-likeness (QED) is 0.0183. The van der Waals surface area contributed by atoms with Gasteiger partial charge in [-0.15, -0.1) is 0 Å². The number of hydrogen-bond acceptors (Lipinski definition) is 15. The molecule has 0 saturated carbocycles. The lowest BCUT2D eigenvalue weighted by atomic mass is 9.99. The normalized spacial score (nSPS) is 17.0. The number of likely N-dealkylation sites (tertiary alicyclic amines) is 1. The molecule has 436 valence electrons. The second-order valence-electron chi connectivity index (χ2n) is 20.0. The topological polar surface area (TPSA) is 444 Å². The van der Waals surface area contributed by atoms with Crippen LogP contribution in [0.4, 0.5) is 0 Å². The maximum absolute atomic E-state index is 14.2. The number of thioether (sulfide) groups is 1. The van der Waals surface area contributed by atoms with E-state index in [-0.39, 0.29) is 63.5 Å². The molecular formula is C50H82N14O13S. The van der Waals surface area contributed by atoms with Crippen LogP contribution in [-0.2, 0) is 59.2 Å². The third-order valence-electron chi connectivity index (χ3n) is 12.4. The molecule has 18 N–H and O–H groups in total. The maximum Gasteiger partial charge on any atom is 0.325 e. The van der Waals surface area contributed by atoms with Gasteiger partial charge in [-0.25, -0.2) is 0 Å². The average molecular weight is 1120 g/mol. The van der Waals surface area contributed by atoms with Gasteiger partial charge in [0.25, 0.3) is 0 Å². The van der Waals surface area contributed by atoms with Gasteiger partial charge >= 0.3 is 5.97 Å². The number of carboxylic acid groups (broad SMARTS) is 1. The first-order valence-corrected chi connectivity index (χ1v) is 27.2. The first-order chi connectivity index (χ1) is 36.6. The van der Waals surface area contributed by atoms with Crippen LogP contribution in [0.2, 0.25) is 0 Å². The third-order valence-corrected chi connectivity index (χ3v) is 13.1. The van der Waals surface area contributed by atoms with Crippen molar-refractivity contribution in [3.05, 3.63) is 35.9 Å². The number of guanidine groups is 1. The van der Waals surface area contributed by atoms with E-state index in [0.29, 0.717) is 12.2 Å². The van der Waals surface area contributed by atoms with E-state index in [4.69, 9.17) is 28.0 Å². The second-order valence-corrected chi connectivity index (χ2v) is 21.0. The number of nitrogens with two attached hydrogens (primary N) is 4. The standard InChI is InChI=1S/C50H82N14O13S/c1-25(2)22-34(44(71)63-39(29(7)65)47(74)61-35(24-37(52)66)48(75)64-20-13-17-36(64)45(72)56-27(5)40(67)57-28(6)49(76)77)60-46(73)38(26(3)4)62-43(70)33(18-21-78-8)59-42(69)32(16-12-19-55-50(53)54)58-41(68)31(51)23-30-14-10-9-11-15-30/h9-11,14-15,25-29,31-36,38-39,65H,12-13,16-24,51H2,1-8H3,(H2,52,66)(H,56,72)(H,57,67)(H,58,68)(H,59,69)(H,60,73)(H,61,74)(H,62,70)(H,63,71)(H,76,77)(H4,53,54,55)/t27-,28-,29+,31-,32-,33-,34-,35-,36-,38-,39-/m0/s1. The summed E-state index contributed by atoms with van der Waals surface area (Å²) in [6, 6.07) is -4.20. The molecule has 10 amide bonds. The molecule has 11 atom stereocenters. The van der Waals surface area contributed by atoms with Crippen molar-refractivity contribution < 1.29 is 63.0 Å². The Hall–Kier alpha value is -7.07. The third kappa shape index (κ3) is 22.9. The lowest BCUT2D eigenvalue weighted by Crippen LogP contribution is -2.62. The van der Waals surface area contributed by atoms with Gasteiger partial charge in [0.1, 0.15) is 54.4 Å². The van der Waals surface area contributed by atoms with Crippen molar-refractivity contribution in [3.63, 3.8) is 0 Å². The number of hydrogen-bond donors (Lipinski definition) is 14. The zero-order valence-corrected chi connectivity index (χ0v) is 46.5. The van der Waals surface area contributed by atoms with Gasteiger partial charge in [0, 0.05) is 13.1 Å². The minimum absolute atomic E-state index is 0.00878. The van der Waals surface area contributed by atoms with E-state index >= 15 is 0 Å². The lowest BCUT2D eigenvalue weighted by molar-refractivity contribution is -0.144. The van der Waals surface area contributed by atoms with E-state index in [1.165, 1.54) is 32.5 Å². The summed E-state index contributed by atoms with van der Waals surface area (Å²) in [4.78, 5) is 152. The summed E-state index contributed by atoms with van der Waals surface area (Å²) >= 11 is 1.39. The minimum Gasteiger partial charge on any atom is -0.480 e. The number of aliphatic hydroxyl groups excluding tert-OH is 1. The van der Waals surface area contributed by atoms with Gasteiger partial charge in [-0.3, -0.25) is 57.7 Å². The fraction of sp³-hybridized carbons (Fsp3) is 0.640. The molecule has 1 heterocycles. The number of aliphatic carboxylic acids is 1. The summed E-state index contributed by atoms with van der Waals surface area (Å²) in [6.45, 7) is 10.6. The van der Waals surface area contributed by atoms with Crippen LogP contribution in [0.25, 0.3) is 0 Å². The largest absolute Gasteiger partial charge is 0.480 e. The summed E-state index contributed by atoms with van der Waals surface area (Å²) in [5, 5.41) is 40.2. The molecule has 28 heteroatoms. The number of carbonyl (C=O) groups excluding carboxylic acids is 10. The molecular weight excluding hydrogens is 1040 g/mol. The number of primary amides is 1. The van der Waals surface area contributed by atoms with E-state index in [2.05, 4.69) is 47.5 Å². The number of nitrogens with one attached hydrogen (secondary N) is 8. The van der Waals surface area contributed by atoms with Crippen molar-refractivity contribution in [2.45, 2.75) is 166 Å². The Morgan fingerprint density at radius 3 is 1.79 bits per heavy atom. The Balaban J connectivity index is 2.31. The summed E-state index contributed by atoms with van der Waals surface area (Å²) < 4.78 is 0. The minimum atomic E-state index is -1.79. The van der Waals surface area contributed by atoms with Gasteiger partial charge < -0.3 is 80.6 Å². The molecule has 0 aromatic heterocycles. The van der Waals surface area contributed by atoms with Crippen LogP contribution in [0.5, 0.6) is 0 Å². The van der Waals surface area contributed by atoms with Crippen molar-refractivity contribution in [1.82, 2.24) is 47.4 Å². The van der Waals surface area contributed by atoms with Crippen LogP contribution in [0.1, 0.15) is 99.0 Å². The van der Waals surface area contributed by atoms with Gasteiger partial charge in [0.15, 0.2) is 5.96 Å². The number of aliphatic imine (C=N–C) groups is 1. The van der Waals surface area contributed by atoms with Crippen LogP contribution in [-0.4, -0.2) is 178 Å². The Labute approximate surface area is 458 Å². The Kier molecular flexibility index (Phi) is 28.6. The van der Waals surface area contributed by atoms with Gasteiger partial charge in [0.2, 0.25) is 59.1 Å². The first-order valence-electron chi connectivity index (χ1n) is 25.8. The van der Waals surface area contributed by atoms with Gasteiger partial charge in [0.05, 0.1) is 18.6 Å². The van der Waals surface area contributed by atoms with Crippen LogP contribution in [0.15, 0.2) is 35.3 Å². The van der Waals surface area contributed by atoms with Crippen LogP contribution < -0.4 is 65.5 Å². The van der Waals surface area contributed by atoms with E-state index in [0.717, 1.165) is 10.5 Å². The number of nitrogens with zero attached hydrogens (tertiary/aromatic N) is 2. The molecule has 78 heavy (non-hydrogen) atoms. The van der Waals surface area contributed by atoms with Gasteiger partial charge in [-0.2, -0.15) is 11.8 Å². The van der Waals surface area contributed by atoms with Crippen molar-refractivity contribution in [2.24, 2.45) is 39.8 Å². The lowest BCUT2D eigenvalue weighted by Gasteiger charge is -2.31. The van der Waals surface area contributed by atoms with E-state index in [9.17, 15) is 57.8 Å². The fourth-order valence-electron chi connectivity index (χ4n) is 8.14. The zero-order valence-electron chi connectivity index (χ0n) is 45.7. The van der Waals surface area contributed by atoms with Crippen molar-refractivity contribution in [3.8, 4) is 0 Å². The highest BCUT2D eigenvalue weighted by molar-refractivity contribution is 7.98. The van der Waals surface area contributed by atoms with Crippen LogP contribution in [0, 0.1) is 11.8 Å². The monoisotopic (exact) mass is 1120 g/mol. The van der Waals surface area contributed by atoms with E-state index in [1.54, 1.807) is 46.1 Å². The molecule has 1 fully saturated rings. The number of carboxylic acids is 1. The SMILES string of the molecule is CSCC[C@H](NC(=O)[C@H](CCCN=C(N)N)NC(=O)[C@@H](N)Cc1ccccc1)C(=O)N[C@H](C(=O)N[C@@H](CC(C)C)C(=O)N[C@H](C(=O)N[C@@H](CC(N)=O)C(=O)N1CCC[C@H]1C(=O)N[C@@H](C)C(=O)N[C@@H](C)C(=O)O)[C@@H](C)O)C(C)C. The molecule has 0 radical (unpaired) electrons. The highest BCUT2D eigenvalue weighted by Crippen LogP contribution is 2.20. The number of carbonyl (C=O) groups is 11. The molecule has 0 spiro atoms. The highest BCUT2D eigenvalue weighted by atomic mass is 32.2. The summed E-state index contributed by atoms with van der Waals surface area (Å²) in [6.07, 6.45) is 0.414. The molecule has 0 bridgehead atoms. The van der Waals surface area contributed by atoms with E-state index < -0.39 is 144 Å². The van der Waals surface area contributed by atoms with E-state index in [1.807, 2.05) is 18.2 Å². The zero-order chi connectivity index (χ0) is 59.0. The highest BCUT2D eigenvalue weighted by Gasteiger charge is 2.41. The molecule has 0 aliphatic carbocycles. The van der Waals surface area contributed by atoms with Crippen molar-refractivity contribution in [2.75, 3.05) is 25.1 Å². The molecule has 2 rings (SSSR count). The van der Waals surface area contributed by atoms with Crippen LogP contribution >= 0.6 is 11.8 Å². The average Bonchev–Trinajstić information content (AvgIpc) is 3.86. The second kappa shape index (κ2) is 33.3. The number of aliphatic hydroxyl groups is 1. The molecule has 1 aliphatic rings. The predicted molar refractivity (Wildman–Crippen MR) is 290 cm³/mol. The Bertz CT molecular complexity index is 2270. The maximum atomic E-state index is 14.2. The number of benzene rings is 1. The Morgan fingerprint density at radius 2 is 1.23 bits per heavy atom. The van der Waals surface area contributed by atoms with Gasteiger partial charge in [-0.1, -0.05) is 58.0 Å². The first kappa shape index (κ1) is 67.0. The molecule has 1 aliphatic heterocycles. The molecule has 1 aromatic carbocycles. The van der Waals surface area contributed by atoms with Crippen molar-refractivity contribution >= 4 is 82.8 Å². The summed E-state index contributed by atoms with van der Waals surface area (Å²) in [7, 11) is 0. The van der Waals surface area contributed by atoms with Crippen molar-refractivity contribution in [1.29, 1.82) is 0 Å². The molecule has 1 aromatic rings.